The normalized spacial score (nSPS) is 10.6. The predicted molar refractivity (Wildman–Crippen MR) is 94.7 cm³/mol. The molecule has 0 aromatic rings. The molecule has 0 saturated heterocycles. The first-order chi connectivity index (χ1) is 11.5. The highest BCUT2D eigenvalue weighted by Crippen LogP contribution is 2.27. The van der Waals surface area contributed by atoms with Gasteiger partial charge in [-0.2, -0.15) is 0 Å². The van der Waals surface area contributed by atoms with E-state index in [2.05, 4.69) is 19.7 Å². The van der Waals surface area contributed by atoms with Gasteiger partial charge in [0.05, 0.1) is 5.41 Å². The summed E-state index contributed by atoms with van der Waals surface area (Å²) in [5.41, 5.74) is -0.0921. The van der Waals surface area contributed by atoms with E-state index in [9.17, 15) is 14.4 Å². The molecule has 0 amide bonds. The average molecular weight is 352 g/mol. The molecule has 6 nitrogen and oxygen atoms in total. The van der Waals surface area contributed by atoms with Gasteiger partial charge in [0.2, 0.25) is 0 Å². The Bertz CT molecular complexity index is 484. The number of ether oxygens (including phenoxy) is 3. The lowest BCUT2D eigenvalue weighted by atomic mass is 9.85. The number of rotatable bonds is 11. The first-order valence-corrected chi connectivity index (χ1v) is 8.02. The van der Waals surface area contributed by atoms with Gasteiger partial charge in [-0.1, -0.05) is 33.1 Å². The fourth-order valence-electron chi connectivity index (χ4n) is 1.90. The molecule has 0 radical (unpaired) electrons. The van der Waals surface area contributed by atoms with Crippen LogP contribution in [0.4, 0.5) is 0 Å². The highest BCUT2D eigenvalue weighted by Gasteiger charge is 2.35. The van der Waals surface area contributed by atoms with Gasteiger partial charge >= 0.3 is 17.9 Å². The summed E-state index contributed by atoms with van der Waals surface area (Å²) in [5.74, 6) is -1.67. The summed E-state index contributed by atoms with van der Waals surface area (Å²) in [7, 11) is 0. The Hall–Kier alpha value is -2.37. The molecule has 0 rings (SSSR count). The third-order valence-corrected chi connectivity index (χ3v) is 3.35. The van der Waals surface area contributed by atoms with Crippen molar-refractivity contribution >= 4 is 17.9 Å². The Morgan fingerprint density at radius 1 is 0.720 bits per heavy atom. The highest BCUT2D eigenvalue weighted by atomic mass is 16.6. The van der Waals surface area contributed by atoms with E-state index in [4.69, 9.17) is 14.2 Å². The van der Waals surface area contributed by atoms with Crippen molar-refractivity contribution < 1.29 is 28.6 Å². The van der Waals surface area contributed by atoms with Crippen molar-refractivity contribution in [3.05, 3.63) is 36.5 Å². The van der Waals surface area contributed by atoms with E-state index in [1.54, 1.807) is 0 Å². The molecular formula is C19H28O6. The van der Waals surface area contributed by atoms with Crippen molar-refractivity contribution in [2.45, 2.75) is 40.5 Å². The molecular weight excluding hydrogens is 324 g/mol. The number of hydrogen-bond donors (Lipinski definition) is 0. The Labute approximate surface area is 149 Å². The van der Waals surface area contributed by atoms with Gasteiger partial charge in [-0.25, -0.2) is 14.4 Å². The lowest BCUT2D eigenvalue weighted by Gasteiger charge is -2.32. The largest absolute Gasteiger partial charge is 0.461 e. The molecule has 0 aliphatic rings. The summed E-state index contributed by atoms with van der Waals surface area (Å²) in [6.07, 6.45) is 1.23. The van der Waals surface area contributed by atoms with Crippen LogP contribution in [-0.2, 0) is 28.6 Å². The summed E-state index contributed by atoms with van der Waals surface area (Å²) in [6, 6.07) is 0. The van der Waals surface area contributed by atoms with Crippen LogP contribution in [0, 0.1) is 5.41 Å². The number of carbonyl (C=O) groups is 3. The molecule has 0 fully saturated rings. The quantitative estimate of drug-likeness (QED) is 0.323. The van der Waals surface area contributed by atoms with E-state index in [-0.39, 0.29) is 36.5 Å². The molecule has 0 N–H and O–H groups in total. The van der Waals surface area contributed by atoms with Gasteiger partial charge in [0.25, 0.3) is 0 Å². The molecule has 0 bridgehead atoms. The molecule has 140 valence electrons. The molecule has 0 aromatic heterocycles. The van der Waals surface area contributed by atoms with E-state index in [0.29, 0.717) is 12.8 Å². The SMILES string of the molecule is C=C(C)C(=O)OCC(CCC)(COC(=O)C(=C)C)COC(=O)C(=C)C. The standard InChI is InChI=1S/C19H28O6/c1-8-9-19(10-23-16(20)13(2)3,11-24-17(21)14(4)5)12-25-18(22)15(6)7/h2,4,6,8-12H2,1,3,5,7H3. The van der Waals surface area contributed by atoms with Crippen molar-refractivity contribution in [3.63, 3.8) is 0 Å². The van der Waals surface area contributed by atoms with Crippen LogP contribution in [0.2, 0.25) is 0 Å². The molecule has 0 aliphatic carbocycles. The zero-order valence-corrected chi connectivity index (χ0v) is 15.6. The average Bonchev–Trinajstić information content (AvgIpc) is 2.54. The Morgan fingerprint density at radius 2 is 1.00 bits per heavy atom. The van der Waals surface area contributed by atoms with E-state index >= 15 is 0 Å². The van der Waals surface area contributed by atoms with Gasteiger partial charge in [-0.15, -0.1) is 0 Å². The van der Waals surface area contributed by atoms with Gasteiger partial charge in [-0.05, 0) is 27.2 Å². The molecule has 6 heteroatoms. The fraction of sp³-hybridized carbons (Fsp3) is 0.526. The molecule has 0 heterocycles. The molecule has 0 unspecified atom stereocenters. The van der Waals surface area contributed by atoms with Gasteiger partial charge in [0.15, 0.2) is 0 Å². The number of hydrogen-bond acceptors (Lipinski definition) is 6. The predicted octanol–water partition coefficient (Wildman–Crippen LogP) is 3.13. The van der Waals surface area contributed by atoms with Crippen molar-refractivity contribution in [2.75, 3.05) is 19.8 Å². The van der Waals surface area contributed by atoms with Crippen LogP contribution >= 0.6 is 0 Å². The number of carbonyl (C=O) groups excluding carboxylic acids is 3. The van der Waals surface area contributed by atoms with Crippen LogP contribution in [0.1, 0.15) is 40.5 Å². The maximum atomic E-state index is 11.7. The van der Waals surface area contributed by atoms with E-state index in [1.165, 1.54) is 20.8 Å². The first-order valence-electron chi connectivity index (χ1n) is 8.02. The summed E-state index contributed by atoms with van der Waals surface area (Å²) < 4.78 is 15.7. The summed E-state index contributed by atoms with van der Waals surface area (Å²) in [4.78, 5) is 35.2. The van der Waals surface area contributed by atoms with Crippen LogP contribution in [0.15, 0.2) is 36.5 Å². The van der Waals surface area contributed by atoms with Crippen LogP contribution < -0.4 is 0 Å². The maximum Gasteiger partial charge on any atom is 0.333 e. The van der Waals surface area contributed by atoms with Crippen LogP contribution in [0.5, 0.6) is 0 Å². The molecule has 0 saturated carbocycles. The molecule has 0 aromatic carbocycles. The summed E-state index contributed by atoms with van der Waals surface area (Å²) in [5, 5.41) is 0. The van der Waals surface area contributed by atoms with E-state index < -0.39 is 23.3 Å². The Morgan fingerprint density at radius 3 is 1.20 bits per heavy atom. The molecule has 25 heavy (non-hydrogen) atoms. The lowest BCUT2D eigenvalue weighted by molar-refractivity contribution is -0.157. The maximum absolute atomic E-state index is 11.7. The third kappa shape index (κ3) is 8.33. The molecule has 0 spiro atoms. The minimum Gasteiger partial charge on any atom is -0.461 e. The van der Waals surface area contributed by atoms with Crippen LogP contribution in [-0.4, -0.2) is 37.7 Å². The van der Waals surface area contributed by atoms with Crippen LogP contribution in [0.25, 0.3) is 0 Å². The second-order valence-electron chi connectivity index (χ2n) is 6.32. The Kier molecular flexibility index (Phi) is 9.49. The fourth-order valence-corrected chi connectivity index (χ4v) is 1.90. The van der Waals surface area contributed by atoms with Gasteiger partial charge < -0.3 is 14.2 Å². The van der Waals surface area contributed by atoms with Gasteiger partial charge in [-0.3, -0.25) is 0 Å². The zero-order chi connectivity index (χ0) is 19.6. The molecule has 0 aliphatic heterocycles. The van der Waals surface area contributed by atoms with Crippen molar-refractivity contribution in [2.24, 2.45) is 5.41 Å². The second kappa shape index (κ2) is 10.5. The molecule has 0 atom stereocenters. The number of esters is 3. The van der Waals surface area contributed by atoms with Gasteiger partial charge in [0, 0.05) is 16.7 Å². The second-order valence-corrected chi connectivity index (χ2v) is 6.32. The minimum absolute atomic E-state index is 0.0700. The lowest BCUT2D eigenvalue weighted by Crippen LogP contribution is -2.39. The first kappa shape index (κ1) is 22.6. The third-order valence-electron chi connectivity index (χ3n) is 3.35. The summed E-state index contributed by atoms with van der Waals surface area (Å²) >= 11 is 0. The Balaban J connectivity index is 5.27. The highest BCUT2D eigenvalue weighted by molar-refractivity contribution is 5.88. The van der Waals surface area contributed by atoms with Crippen molar-refractivity contribution in [3.8, 4) is 0 Å². The topological polar surface area (TPSA) is 78.9 Å². The van der Waals surface area contributed by atoms with E-state index in [0.717, 1.165) is 0 Å². The minimum atomic E-state index is -0.851. The smallest absolute Gasteiger partial charge is 0.333 e. The monoisotopic (exact) mass is 352 g/mol. The van der Waals surface area contributed by atoms with Crippen molar-refractivity contribution in [1.82, 2.24) is 0 Å². The zero-order valence-electron chi connectivity index (χ0n) is 15.6. The van der Waals surface area contributed by atoms with Crippen molar-refractivity contribution in [1.29, 1.82) is 0 Å². The summed E-state index contributed by atoms with van der Waals surface area (Å²) in [6.45, 7) is 16.9. The van der Waals surface area contributed by atoms with Crippen LogP contribution in [0.3, 0.4) is 0 Å². The van der Waals surface area contributed by atoms with E-state index in [1.807, 2.05) is 6.92 Å². The van der Waals surface area contributed by atoms with Gasteiger partial charge in [0.1, 0.15) is 19.8 Å².